The van der Waals surface area contributed by atoms with Gasteiger partial charge in [-0.1, -0.05) is 25.1 Å². The van der Waals surface area contributed by atoms with E-state index < -0.39 is 5.91 Å². The van der Waals surface area contributed by atoms with Crippen LogP contribution in [0.2, 0.25) is 0 Å². The van der Waals surface area contributed by atoms with Crippen LogP contribution in [-0.4, -0.2) is 40.4 Å². The van der Waals surface area contributed by atoms with Gasteiger partial charge in [0, 0.05) is 25.8 Å². The second kappa shape index (κ2) is 10.6. The van der Waals surface area contributed by atoms with Crippen LogP contribution < -0.4 is 20.5 Å². The fraction of sp³-hybridized carbons (Fsp3) is 0.217. The van der Waals surface area contributed by atoms with Gasteiger partial charge in [0.15, 0.2) is 6.19 Å². The van der Waals surface area contributed by atoms with Gasteiger partial charge in [0.05, 0.1) is 0 Å². The number of anilines is 1. The number of likely N-dealkylation sites (N-methyl/N-ethyl adjacent to an activating group) is 1. The molecule has 9 nitrogen and oxygen atoms in total. The molecule has 3 aromatic rings. The molecule has 32 heavy (non-hydrogen) atoms. The topological polar surface area (TPSA) is 126 Å². The number of rotatable bonds is 10. The van der Waals surface area contributed by atoms with Crippen LogP contribution in [0.3, 0.4) is 0 Å². The molecule has 0 saturated carbocycles. The number of benzene rings is 2. The van der Waals surface area contributed by atoms with E-state index in [1.54, 1.807) is 31.3 Å². The lowest BCUT2D eigenvalue weighted by Crippen LogP contribution is -2.32. The van der Waals surface area contributed by atoms with Gasteiger partial charge in [-0.05, 0) is 42.8 Å². The Morgan fingerprint density at radius 3 is 2.34 bits per heavy atom. The zero-order valence-electron chi connectivity index (χ0n) is 17.9. The molecule has 3 rings (SSSR count). The van der Waals surface area contributed by atoms with Gasteiger partial charge >= 0.3 is 0 Å². The van der Waals surface area contributed by atoms with Crippen molar-refractivity contribution in [3.63, 3.8) is 0 Å². The van der Waals surface area contributed by atoms with Crippen LogP contribution in [0.25, 0.3) is 0 Å². The first-order valence-corrected chi connectivity index (χ1v) is 10.0. The number of nitrogens with zero attached hydrogens (tertiary/aromatic N) is 4. The highest BCUT2D eigenvalue weighted by Crippen LogP contribution is 2.28. The normalized spacial score (nSPS) is 11.2. The summed E-state index contributed by atoms with van der Waals surface area (Å²) in [5, 5.41) is 12.1. The van der Waals surface area contributed by atoms with E-state index in [0.717, 1.165) is 12.2 Å². The lowest BCUT2D eigenvalue weighted by atomic mass is 10.2. The number of amides is 1. The standard InChI is InChI=1S/C23H24N6O3/c1-3-16(14-29(2)15-24)27-23-26-13-20(21(25)30)22(28-23)32-19-11-9-18(10-12-19)31-17-7-5-4-6-8-17/h4-13,16H,3,14H2,1-2H3,(H2,25,30)(H,26,27,28). The Balaban J connectivity index is 1.76. The minimum atomic E-state index is -0.702. The van der Waals surface area contributed by atoms with Gasteiger partial charge in [0.1, 0.15) is 22.8 Å². The van der Waals surface area contributed by atoms with Crippen molar-refractivity contribution in [3.05, 3.63) is 66.4 Å². The molecule has 1 atom stereocenters. The second-order valence-corrected chi connectivity index (χ2v) is 7.00. The fourth-order valence-electron chi connectivity index (χ4n) is 2.83. The molecule has 0 radical (unpaired) electrons. The predicted molar refractivity (Wildman–Crippen MR) is 120 cm³/mol. The van der Waals surface area contributed by atoms with Gasteiger partial charge in [-0.2, -0.15) is 10.2 Å². The molecule has 0 bridgehead atoms. The molecule has 1 aromatic heterocycles. The van der Waals surface area contributed by atoms with Crippen molar-refractivity contribution in [2.24, 2.45) is 5.73 Å². The molecule has 0 aliphatic rings. The Morgan fingerprint density at radius 1 is 1.12 bits per heavy atom. The maximum Gasteiger partial charge on any atom is 0.255 e. The maximum atomic E-state index is 11.8. The smallest absolute Gasteiger partial charge is 0.255 e. The first-order valence-electron chi connectivity index (χ1n) is 10.0. The number of nitrogens with one attached hydrogen (secondary N) is 1. The number of para-hydroxylation sites is 1. The van der Waals surface area contributed by atoms with Crippen LogP contribution in [-0.2, 0) is 0 Å². The van der Waals surface area contributed by atoms with E-state index in [9.17, 15) is 4.79 Å². The fourth-order valence-corrected chi connectivity index (χ4v) is 2.83. The largest absolute Gasteiger partial charge is 0.457 e. The second-order valence-electron chi connectivity index (χ2n) is 7.00. The number of nitriles is 1. The molecule has 2 aromatic carbocycles. The SMILES string of the molecule is CCC(CN(C)C#N)Nc1ncc(C(N)=O)c(Oc2ccc(Oc3ccccc3)cc2)n1. The molecule has 1 heterocycles. The third-order valence-corrected chi connectivity index (χ3v) is 4.53. The van der Waals surface area contributed by atoms with Gasteiger partial charge in [-0.25, -0.2) is 4.98 Å². The summed E-state index contributed by atoms with van der Waals surface area (Å²) in [6.45, 7) is 2.46. The van der Waals surface area contributed by atoms with E-state index in [1.807, 2.05) is 37.3 Å². The van der Waals surface area contributed by atoms with Crippen molar-refractivity contribution in [3.8, 4) is 29.3 Å². The van der Waals surface area contributed by atoms with E-state index in [1.165, 1.54) is 11.1 Å². The molecule has 1 amide bonds. The summed E-state index contributed by atoms with van der Waals surface area (Å²) < 4.78 is 11.6. The van der Waals surface area contributed by atoms with Crippen molar-refractivity contribution >= 4 is 11.9 Å². The van der Waals surface area contributed by atoms with E-state index in [-0.39, 0.29) is 23.4 Å². The van der Waals surface area contributed by atoms with Gasteiger partial charge in [-0.15, -0.1) is 0 Å². The third kappa shape index (κ3) is 6.09. The summed E-state index contributed by atoms with van der Waals surface area (Å²) in [4.78, 5) is 21.8. The van der Waals surface area contributed by atoms with Gasteiger partial charge < -0.3 is 25.4 Å². The Morgan fingerprint density at radius 2 is 1.75 bits per heavy atom. The number of nitrogens with two attached hydrogens (primary N) is 1. The Kier molecular flexibility index (Phi) is 7.43. The molecular weight excluding hydrogens is 408 g/mol. The van der Waals surface area contributed by atoms with Crippen LogP contribution >= 0.6 is 0 Å². The van der Waals surface area contributed by atoms with Crippen LogP contribution in [0, 0.1) is 11.5 Å². The summed E-state index contributed by atoms with van der Waals surface area (Å²) >= 11 is 0. The number of primary amides is 1. The minimum Gasteiger partial charge on any atom is -0.457 e. The molecule has 1 unspecified atom stereocenters. The summed E-state index contributed by atoms with van der Waals surface area (Å²) in [5.41, 5.74) is 5.52. The monoisotopic (exact) mass is 432 g/mol. The minimum absolute atomic E-state index is 0.0372. The van der Waals surface area contributed by atoms with E-state index in [0.29, 0.717) is 18.0 Å². The number of hydrogen-bond donors (Lipinski definition) is 2. The van der Waals surface area contributed by atoms with Crippen LogP contribution in [0.1, 0.15) is 23.7 Å². The van der Waals surface area contributed by atoms with Crippen molar-refractivity contribution in [2.45, 2.75) is 19.4 Å². The molecule has 0 aliphatic heterocycles. The Bertz CT molecular complexity index is 1080. The van der Waals surface area contributed by atoms with Crippen molar-refractivity contribution in [2.75, 3.05) is 18.9 Å². The summed E-state index contributed by atoms with van der Waals surface area (Å²) in [5.74, 6) is 1.41. The lowest BCUT2D eigenvalue weighted by molar-refractivity contribution is 0.0997. The predicted octanol–water partition coefficient (Wildman–Crippen LogP) is 3.76. The van der Waals surface area contributed by atoms with Gasteiger partial charge in [-0.3, -0.25) is 4.79 Å². The Labute approximate surface area is 186 Å². The summed E-state index contributed by atoms with van der Waals surface area (Å²) in [6.07, 6.45) is 4.12. The first kappa shape index (κ1) is 22.4. The molecule has 3 N–H and O–H groups in total. The molecule has 164 valence electrons. The van der Waals surface area contributed by atoms with Crippen LogP contribution in [0.15, 0.2) is 60.8 Å². The van der Waals surface area contributed by atoms with Crippen molar-refractivity contribution in [1.29, 1.82) is 5.26 Å². The van der Waals surface area contributed by atoms with Crippen molar-refractivity contribution in [1.82, 2.24) is 14.9 Å². The molecular formula is C23H24N6O3. The van der Waals surface area contributed by atoms with E-state index in [4.69, 9.17) is 20.5 Å². The molecule has 9 heteroatoms. The molecule has 0 saturated heterocycles. The quantitative estimate of drug-likeness (QED) is 0.366. The summed E-state index contributed by atoms with van der Waals surface area (Å²) in [6, 6.07) is 16.2. The van der Waals surface area contributed by atoms with Crippen LogP contribution in [0.4, 0.5) is 5.95 Å². The lowest BCUT2D eigenvalue weighted by Gasteiger charge is -2.20. The number of carbonyl (C=O) groups excluding carboxylic acids is 1. The van der Waals surface area contributed by atoms with Gasteiger partial charge in [0.2, 0.25) is 11.8 Å². The third-order valence-electron chi connectivity index (χ3n) is 4.53. The maximum absolute atomic E-state index is 11.8. The van der Waals surface area contributed by atoms with Crippen LogP contribution in [0.5, 0.6) is 23.1 Å². The summed E-state index contributed by atoms with van der Waals surface area (Å²) in [7, 11) is 1.70. The van der Waals surface area contributed by atoms with E-state index >= 15 is 0 Å². The zero-order chi connectivity index (χ0) is 22.9. The molecule has 0 fully saturated rings. The van der Waals surface area contributed by atoms with Gasteiger partial charge in [0.25, 0.3) is 5.91 Å². The highest BCUT2D eigenvalue weighted by atomic mass is 16.5. The highest BCUT2D eigenvalue weighted by molar-refractivity contribution is 5.94. The zero-order valence-corrected chi connectivity index (χ0v) is 17.9. The number of ether oxygens (including phenoxy) is 2. The average molecular weight is 432 g/mol. The van der Waals surface area contributed by atoms with Crippen molar-refractivity contribution < 1.29 is 14.3 Å². The van der Waals surface area contributed by atoms with E-state index in [2.05, 4.69) is 21.5 Å². The molecule has 0 aliphatic carbocycles. The Hall–Kier alpha value is -4.32. The first-order chi connectivity index (χ1) is 15.5. The number of aromatic nitrogens is 2. The average Bonchev–Trinajstić information content (AvgIpc) is 2.80. The number of hydrogen-bond acceptors (Lipinski definition) is 8. The highest BCUT2D eigenvalue weighted by Gasteiger charge is 2.17. The number of carbonyl (C=O) groups is 1. The molecule has 0 spiro atoms.